The molecule has 2 aromatic carbocycles. The van der Waals surface area contributed by atoms with Gasteiger partial charge in [0.25, 0.3) is 0 Å². The normalized spacial score (nSPS) is 10.4. The quantitative estimate of drug-likeness (QED) is 0.769. The summed E-state index contributed by atoms with van der Waals surface area (Å²) in [6.45, 7) is 1.98. The van der Waals surface area contributed by atoms with Crippen molar-refractivity contribution in [2.75, 3.05) is 0 Å². The van der Waals surface area contributed by atoms with Crippen LogP contribution >= 0.6 is 0 Å². The molecule has 1 aromatic heterocycles. The second kappa shape index (κ2) is 5.13. The molecule has 20 heavy (non-hydrogen) atoms. The number of hydrogen-bond donors (Lipinski definition) is 1. The van der Waals surface area contributed by atoms with E-state index in [1.807, 2.05) is 67.6 Å². The van der Waals surface area contributed by atoms with Crippen molar-refractivity contribution in [3.8, 4) is 22.5 Å². The summed E-state index contributed by atoms with van der Waals surface area (Å²) in [5.74, 6) is 0. The molecule has 0 fully saturated rings. The molecule has 0 spiro atoms. The van der Waals surface area contributed by atoms with Gasteiger partial charge in [-0.15, -0.1) is 0 Å². The number of rotatable bonds is 2. The average molecular weight is 262 g/mol. The van der Waals surface area contributed by atoms with Crippen LogP contribution in [0.25, 0.3) is 22.5 Å². The molecule has 0 amide bonds. The van der Waals surface area contributed by atoms with Gasteiger partial charge in [0, 0.05) is 5.56 Å². The molecule has 3 aromatic rings. The molecule has 1 heterocycles. The Morgan fingerprint density at radius 2 is 1.40 bits per heavy atom. The molecule has 0 aliphatic rings. The highest BCUT2D eigenvalue weighted by atomic mass is 16.1. The van der Waals surface area contributed by atoms with Crippen molar-refractivity contribution in [1.82, 2.24) is 9.97 Å². The fourth-order valence-corrected chi connectivity index (χ4v) is 2.30. The zero-order valence-electron chi connectivity index (χ0n) is 11.1. The molecule has 3 rings (SSSR count). The SMILES string of the molecule is Cc1c(-c2ccccc2)nc(=O)[nH]c1-c1ccccc1. The molecule has 3 heteroatoms. The molecular formula is C17H14N2O. The van der Waals surface area contributed by atoms with E-state index in [4.69, 9.17) is 0 Å². The van der Waals surface area contributed by atoms with Crippen LogP contribution in [-0.4, -0.2) is 9.97 Å². The second-order valence-corrected chi connectivity index (χ2v) is 4.62. The van der Waals surface area contributed by atoms with Crippen LogP contribution < -0.4 is 5.69 Å². The van der Waals surface area contributed by atoms with Crippen LogP contribution in [-0.2, 0) is 0 Å². The zero-order chi connectivity index (χ0) is 13.9. The molecule has 3 nitrogen and oxygen atoms in total. The highest BCUT2D eigenvalue weighted by Gasteiger charge is 2.11. The number of nitrogens with one attached hydrogen (secondary N) is 1. The van der Waals surface area contributed by atoms with Gasteiger partial charge in [-0.1, -0.05) is 60.7 Å². The topological polar surface area (TPSA) is 45.8 Å². The first-order chi connectivity index (χ1) is 9.75. The van der Waals surface area contributed by atoms with Crippen molar-refractivity contribution in [2.45, 2.75) is 6.92 Å². The third-order valence-electron chi connectivity index (χ3n) is 3.29. The van der Waals surface area contributed by atoms with Gasteiger partial charge in [-0.3, -0.25) is 0 Å². The molecular weight excluding hydrogens is 248 g/mol. The molecule has 0 saturated heterocycles. The van der Waals surface area contributed by atoms with Gasteiger partial charge >= 0.3 is 5.69 Å². The number of nitrogens with zero attached hydrogens (tertiary/aromatic N) is 1. The van der Waals surface area contributed by atoms with E-state index in [1.54, 1.807) is 0 Å². The molecule has 98 valence electrons. The lowest BCUT2D eigenvalue weighted by atomic mass is 10.0. The van der Waals surface area contributed by atoms with E-state index in [0.717, 1.165) is 28.1 Å². The summed E-state index contributed by atoms with van der Waals surface area (Å²) in [6.07, 6.45) is 0. The van der Waals surface area contributed by atoms with Crippen molar-refractivity contribution in [1.29, 1.82) is 0 Å². The van der Waals surface area contributed by atoms with Crippen LogP contribution in [0.4, 0.5) is 0 Å². The van der Waals surface area contributed by atoms with Crippen molar-refractivity contribution in [2.24, 2.45) is 0 Å². The van der Waals surface area contributed by atoms with E-state index in [-0.39, 0.29) is 5.69 Å². The molecule has 0 unspecified atom stereocenters. The minimum Gasteiger partial charge on any atom is -0.305 e. The fourth-order valence-electron chi connectivity index (χ4n) is 2.30. The summed E-state index contributed by atoms with van der Waals surface area (Å²) in [5.41, 5.74) is 4.14. The molecule has 0 saturated carbocycles. The van der Waals surface area contributed by atoms with Gasteiger partial charge in [0.15, 0.2) is 0 Å². The van der Waals surface area contributed by atoms with E-state index in [9.17, 15) is 4.79 Å². The third kappa shape index (κ3) is 2.26. The number of aromatic nitrogens is 2. The maximum absolute atomic E-state index is 11.8. The molecule has 0 aliphatic heterocycles. The van der Waals surface area contributed by atoms with Gasteiger partial charge in [-0.05, 0) is 18.1 Å². The Morgan fingerprint density at radius 3 is 2.00 bits per heavy atom. The van der Waals surface area contributed by atoms with Gasteiger partial charge < -0.3 is 4.98 Å². The lowest BCUT2D eigenvalue weighted by molar-refractivity contribution is 1.06. The van der Waals surface area contributed by atoms with E-state index in [0.29, 0.717) is 0 Å². The van der Waals surface area contributed by atoms with Crippen LogP contribution in [0.2, 0.25) is 0 Å². The first kappa shape index (κ1) is 12.4. The maximum Gasteiger partial charge on any atom is 0.345 e. The summed E-state index contributed by atoms with van der Waals surface area (Å²) in [7, 11) is 0. The van der Waals surface area contributed by atoms with Crippen LogP contribution in [0.15, 0.2) is 65.5 Å². The van der Waals surface area contributed by atoms with Crippen molar-refractivity contribution in [3.63, 3.8) is 0 Å². The van der Waals surface area contributed by atoms with Gasteiger partial charge in [-0.25, -0.2) is 4.79 Å². The molecule has 0 bridgehead atoms. The Balaban J connectivity index is 2.24. The fraction of sp³-hybridized carbons (Fsp3) is 0.0588. The van der Waals surface area contributed by atoms with Gasteiger partial charge in [-0.2, -0.15) is 4.98 Å². The lowest BCUT2D eigenvalue weighted by Crippen LogP contribution is -2.14. The van der Waals surface area contributed by atoms with E-state index >= 15 is 0 Å². The van der Waals surface area contributed by atoms with Gasteiger partial charge in [0.05, 0.1) is 11.4 Å². The van der Waals surface area contributed by atoms with E-state index in [1.165, 1.54) is 0 Å². The molecule has 1 N–H and O–H groups in total. The number of aromatic amines is 1. The van der Waals surface area contributed by atoms with E-state index in [2.05, 4.69) is 9.97 Å². The monoisotopic (exact) mass is 262 g/mol. The van der Waals surface area contributed by atoms with Crippen LogP contribution in [0.3, 0.4) is 0 Å². The summed E-state index contributed by atoms with van der Waals surface area (Å²) < 4.78 is 0. The molecule has 0 radical (unpaired) electrons. The van der Waals surface area contributed by atoms with Crippen LogP contribution in [0, 0.1) is 6.92 Å². The van der Waals surface area contributed by atoms with Crippen molar-refractivity contribution in [3.05, 3.63) is 76.7 Å². The summed E-state index contributed by atoms with van der Waals surface area (Å²) in [5, 5.41) is 0. The zero-order valence-corrected chi connectivity index (χ0v) is 11.1. The Hall–Kier alpha value is -2.68. The Kier molecular flexibility index (Phi) is 3.17. The molecule has 0 atom stereocenters. The summed E-state index contributed by atoms with van der Waals surface area (Å²) in [6, 6.07) is 19.6. The summed E-state index contributed by atoms with van der Waals surface area (Å²) in [4.78, 5) is 18.8. The maximum atomic E-state index is 11.8. The second-order valence-electron chi connectivity index (χ2n) is 4.62. The smallest absolute Gasteiger partial charge is 0.305 e. The van der Waals surface area contributed by atoms with Crippen LogP contribution in [0.5, 0.6) is 0 Å². The Morgan fingerprint density at radius 1 is 0.850 bits per heavy atom. The summed E-state index contributed by atoms with van der Waals surface area (Å²) >= 11 is 0. The predicted molar refractivity (Wildman–Crippen MR) is 80.5 cm³/mol. The minimum absolute atomic E-state index is 0.326. The number of H-pyrrole nitrogens is 1. The average Bonchev–Trinajstić information content (AvgIpc) is 2.51. The minimum atomic E-state index is -0.326. The first-order valence-corrected chi connectivity index (χ1v) is 6.47. The molecule has 0 aliphatic carbocycles. The predicted octanol–water partition coefficient (Wildman–Crippen LogP) is 3.41. The largest absolute Gasteiger partial charge is 0.345 e. The van der Waals surface area contributed by atoms with Gasteiger partial charge in [0.2, 0.25) is 0 Å². The van der Waals surface area contributed by atoms with Crippen molar-refractivity contribution < 1.29 is 0 Å². The highest BCUT2D eigenvalue weighted by Crippen LogP contribution is 2.26. The highest BCUT2D eigenvalue weighted by molar-refractivity contribution is 5.72. The Bertz CT molecular complexity index is 713. The van der Waals surface area contributed by atoms with Crippen molar-refractivity contribution >= 4 is 0 Å². The lowest BCUT2D eigenvalue weighted by Gasteiger charge is -2.10. The number of hydrogen-bond acceptors (Lipinski definition) is 2. The van der Waals surface area contributed by atoms with Gasteiger partial charge in [0.1, 0.15) is 0 Å². The number of benzene rings is 2. The Labute approximate surface area is 117 Å². The van der Waals surface area contributed by atoms with E-state index < -0.39 is 0 Å². The van der Waals surface area contributed by atoms with Crippen LogP contribution in [0.1, 0.15) is 5.56 Å². The third-order valence-corrected chi connectivity index (χ3v) is 3.29. The first-order valence-electron chi connectivity index (χ1n) is 6.47. The standard InChI is InChI=1S/C17H14N2O/c1-12-15(13-8-4-2-5-9-13)18-17(20)19-16(12)14-10-6-3-7-11-14/h2-11H,1H3,(H,18,19,20).